The molecule has 1 heterocycles. The zero-order valence-corrected chi connectivity index (χ0v) is 10.5. The molecule has 0 radical (unpaired) electrons. The predicted molar refractivity (Wildman–Crippen MR) is 61.5 cm³/mol. The molecule has 1 aromatic rings. The second kappa shape index (κ2) is 6.34. The van der Waals surface area contributed by atoms with E-state index >= 15 is 0 Å². The lowest BCUT2D eigenvalue weighted by Gasteiger charge is -2.18. The number of unbranched alkanes of at least 4 members (excludes halogenated alkanes) is 1. The zero-order chi connectivity index (χ0) is 12.8. The van der Waals surface area contributed by atoms with Crippen molar-refractivity contribution < 1.29 is 14.4 Å². The average molecular weight is 241 g/mol. The number of carboxylic acid groups (broad SMARTS) is 1. The highest BCUT2D eigenvalue weighted by molar-refractivity contribution is 5.72. The number of carboxylic acids is 1. The van der Waals surface area contributed by atoms with Gasteiger partial charge in [0.25, 0.3) is 0 Å². The first-order chi connectivity index (χ1) is 8.04. The van der Waals surface area contributed by atoms with Crippen molar-refractivity contribution in [3.05, 3.63) is 11.7 Å². The van der Waals surface area contributed by atoms with Gasteiger partial charge in [0.2, 0.25) is 5.89 Å². The monoisotopic (exact) mass is 241 g/mol. The van der Waals surface area contributed by atoms with Gasteiger partial charge in [0.15, 0.2) is 5.82 Å². The third-order valence-corrected chi connectivity index (χ3v) is 2.66. The molecule has 17 heavy (non-hydrogen) atoms. The van der Waals surface area contributed by atoms with Crippen LogP contribution in [0.1, 0.15) is 38.4 Å². The van der Waals surface area contributed by atoms with Crippen LogP contribution in [0.25, 0.3) is 0 Å². The van der Waals surface area contributed by atoms with E-state index in [1.165, 1.54) is 0 Å². The smallest absolute Gasteiger partial charge is 0.320 e. The molecule has 6 nitrogen and oxygen atoms in total. The van der Waals surface area contributed by atoms with Crippen LogP contribution in [0.4, 0.5) is 0 Å². The molecule has 1 rings (SSSR count). The number of aromatic nitrogens is 2. The molecule has 0 aromatic carbocycles. The molecule has 0 amide bonds. The molecule has 0 aliphatic rings. The largest absolute Gasteiger partial charge is 0.480 e. The summed E-state index contributed by atoms with van der Waals surface area (Å²) in [7, 11) is 1.72. The van der Waals surface area contributed by atoms with Gasteiger partial charge in [-0.05, 0) is 20.4 Å². The Morgan fingerprint density at radius 3 is 2.88 bits per heavy atom. The molecule has 6 heteroatoms. The second-order valence-electron chi connectivity index (χ2n) is 4.14. The molecule has 96 valence electrons. The van der Waals surface area contributed by atoms with Gasteiger partial charge in [0.05, 0.1) is 6.54 Å². The number of aliphatic carboxylic acids is 1. The minimum atomic E-state index is -0.859. The maximum absolute atomic E-state index is 10.8. The highest BCUT2D eigenvalue weighted by Crippen LogP contribution is 2.06. The molecule has 1 unspecified atom stereocenters. The molecule has 0 spiro atoms. The van der Waals surface area contributed by atoms with Crippen LogP contribution in [0.3, 0.4) is 0 Å². The fraction of sp³-hybridized carbons (Fsp3) is 0.727. The van der Waals surface area contributed by atoms with Gasteiger partial charge >= 0.3 is 5.97 Å². The van der Waals surface area contributed by atoms with E-state index in [4.69, 9.17) is 9.63 Å². The number of nitrogens with zero attached hydrogens (tertiary/aromatic N) is 3. The van der Waals surface area contributed by atoms with Crippen molar-refractivity contribution in [2.75, 3.05) is 7.05 Å². The Morgan fingerprint density at radius 1 is 1.59 bits per heavy atom. The molecule has 0 aliphatic carbocycles. The number of hydrogen-bond donors (Lipinski definition) is 1. The fourth-order valence-electron chi connectivity index (χ4n) is 1.33. The van der Waals surface area contributed by atoms with E-state index in [0.29, 0.717) is 18.3 Å². The first-order valence-electron chi connectivity index (χ1n) is 5.79. The number of carbonyl (C=O) groups is 1. The van der Waals surface area contributed by atoms with Crippen molar-refractivity contribution in [1.29, 1.82) is 0 Å². The summed E-state index contributed by atoms with van der Waals surface area (Å²) < 4.78 is 5.07. The van der Waals surface area contributed by atoms with Crippen LogP contribution >= 0.6 is 0 Å². The first kappa shape index (κ1) is 13.6. The molecule has 0 bridgehead atoms. The first-order valence-corrected chi connectivity index (χ1v) is 5.79. The standard InChI is InChI=1S/C11H19N3O3/c1-4-5-6-10-12-9(13-17-10)7-14(3)8(2)11(15)16/h8H,4-7H2,1-3H3,(H,15,16). The number of likely N-dealkylation sites (N-methyl/N-ethyl adjacent to an activating group) is 1. The van der Waals surface area contributed by atoms with Gasteiger partial charge in [-0.25, -0.2) is 0 Å². The van der Waals surface area contributed by atoms with Gasteiger partial charge in [0.1, 0.15) is 6.04 Å². The lowest BCUT2D eigenvalue weighted by atomic mass is 10.2. The summed E-state index contributed by atoms with van der Waals surface area (Å²) in [6.45, 7) is 4.10. The van der Waals surface area contributed by atoms with E-state index in [2.05, 4.69) is 17.1 Å². The van der Waals surface area contributed by atoms with Crippen LogP contribution in [0.5, 0.6) is 0 Å². The Kier molecular flexibility index (Phi) is 5.09. The molecule has 1 N–H and O–H groups in total. The summed E-state index contributed by atoms with van der Waals surface area (Å²) in [4.78, 5) is 16.7. The van der Waals surface area contributed by atoms with Crippen LogP contribution in [0.15, 0.2) is 4.52 Å². The Balaban J connectivity index is 2.51. The summed E-state index contributed by atoms with van der Waals surface area (Å²) in [5.41, 5.74) is 0. The van der Waals surface area contributed by atoms with Crippen molar-refractivity contribution in [1.82, 2.24) is 15.0 Å². The summed E-state index contributed by atoms with van der Waals surface area (Å²) in [5.74, 6) is 0.298. The number of rotatable bonds is 7. The fourth-order valence-corrected chi connectivity index (χ4v) is 1.33. The van der Waals surface area contributed by atoms with E-state index in [1.54, 1.807) is 18.9 Å². The maximum atomic E-state index is 10.8. The maximum Gasteiger partial charge on any atom is 0.320 e. The predicted octanol–water partition coefficient (Wildman–Crippen LogP) is 1.32. The normalized spacial score (nSPS) is 12.9. The van der Waals surface area contributed by atoms with Crippen molar-refractivity contribution in [3.63, 3.8) is 0 Å². The SMILES string of the molecule is CCCCc1nc(CN(C)C(C)C(=O)O)no1. The van der Waals surface area contributed by atoms with E-state index in [1.807, 2.05) is 0 Å². The number of hydrogen-bond acceptors (Lipinski definition) is 5. The highest BCUT2D eigenvalue weighted by atomic mass is 16.5. The van der Waals surface area contributed by atoms with E-state index in [0.717, 1.165) is 19.3 Å². The summed E-state index contributed by atoms with van der Waals surface area (Å²) >= 11 is 0. The number of aryl methyl sites for hydroxylation is 1. The highest BCUT2D eigenvalue weighted by Gasteiger charge is 2.18. The van der Waals surface area contributed by atoms with Gasteiger partial charge in [-0.15, -0.1) is 0 Å². The van der Waals surface area contributed by atoms with Crippen LogP contribution < -0.4 is 0 Å². The van der Waals surface area contributed by atoms with E-state index in [9.17, 15) is 4.79 Å². The van der Waals surface area contributed by atoms with Gasteiger partial charge < -0.3 is 9.63 Å². The molecule has 0 saturated carbocycles. The van der Waals surface area contributed by atoms with Gasteiger partial charge in [0, 0.05) is 6.42 Å². The topological polar surface area (TPSA) is 79.5 Å². The lowest BCUT2D eigenvalue weighted by molar-refractivity contribution is -0.142. The van der Waals surface area contributed by atoms with Crippen molar-refractivity contribution in [3.8, 4) is 0 Å². The third kappa shape index (κ3) is 4.14. The Morgan fingerprint density at radius 2 is 2.29 bits per heavy atom. The average Bonchev–Trinajstić information content (AvgIpc) is 2.72. The third-order valence-electron chi connectivity index (χ3n) is 2.66. The van der Waals surface area contributed by atoms with Crippen molar-refractivity contribution in [2.24, 2.45) is 0 Å². The van der Waals surface area contributed by atoms with Crippen LogP contribution in [-0.4, -0.2) is 39.2 Å². The van der Waals surface area contributed by atoms with E-state index in [-0.39, 0.29) is 0 Å². The summed E-state index contributed by atoms with van der Waals surface area (Å²) in [6.07, 6.45) is 2.87. The Hall–Kier alpha value is -1.43. The van der Waals surface area contributed by atoms with E-state index < -0.39 is 12.0 Å². The lowest BCUT2D eigenvalue weighted by Crippen LogP contribution is -2.35. The molecule has 1 aromatic heterocycles. The summed E-state index contributed by atoms with van der Waals surface area (Å²) in [6, 6.07) is -0.562. The minimum absolute atomic E-state index is 0.378. The molecule has 0 aliphatic heterocycles. The molecule has 1 atom stereocenters. The summed E-state index contributed by atoms with van der Waals surface area (Å²) in [5, 5.41) is 12.7. The van der Waals surface area contributed by atoms with Gasteiger partial charge in [-0.1, -0.05) is 18.5 Å². The zero-order valence-electron chi connectivity index (χ0n) is 10.5. The second-order valence-corrected chi connectivity index (χ2v) is 4.14. The van der Waals surface area contributed by atoms with Gasteiger partial charge in [-0.2, -0.15) is 4.98 Å². The molecular weight excluding hydrogens is 222 g/mol. The Bertz CT molecular complexity index is 365. The van der Waals surface area contributed by atoms with Crippen LogP contribution in [-0.2, 0) is 17.8 Å². The van der Waals surface area contributed by atoms with Crippen molar-refractivity contribution >= 4 is 5.97 Å². The molecule has 0 saturated heterocycles. The molecular formula is C11H19N3O3. The van der Waals surface area contributed by atoms with Crippen LogP contribution in [0.2, 0.25) is 0 Å². The molecule has 0 fully saturated rings. The minimum Gasteiger partial charge on any atom is -0.480 e. The quantitative estimate of drug-likeness (QED) is 0.775. The van der Waals surface area contributed by atoms with Crippen molar-refractivity contribution in [2.45, 2.75) is 45.7 Å². The van der Waals surface area contributed by atoms with Gasteiger partial charge in [-0.3, -0.25) is 9.69 Å². The Labute approximate surface area is 101 Å². The van der Waals surface area contributed by atoms with Crippen LogP contribution in [0, 0.1) is 0 Å².